The van der Waals surface area contributed by atoms with Crippen LogP contribution in [-0.4, -0.2) is 46.7 Å². The number of aliphatic hydroxyl groups is 2. The smallest absolute Gasteiger partial charge is 0.303 e. The fraction of sp³-hybridized carbons (Fsp3) is 0.960. The van der Waals surface area contributed by atoms with Crippen LogP contribution in [0.3, 0.4) is 0 Å². The fourth-order valence-corrected chi connectivity index (χ4v) is 8.88. The molecule has 0 aromatic carbocycles. The van der Waals surface area contributed by atoms with Gasteiger partial charge in [0, 0.05) is 13.5 Å². The van der Waals surface area contributed by atoms with Crippen molar-refractivity contribution < 1.29 is 24.9 Å². The minimum Gasteiger partial charge on any atom is -0.481 e. The van der Waals surface area contributed by atoms with Gasteiger partial charge >= 0.3 is 5.97 Å². The number of fused-ring (bicyclic) bond motifs is 5. The second kappa shape index (κ2) is 8.04. The van der Waals surface area contributed by atoms with E-state index in [-0.39, 0.29) is 41.3 Å². The summed E-state index contributed by atoms with van der Waals surface area (Å²) in [7, 11) is 1.80. The lowest BCUT2D eigenvalue weighted by Gasteiger charge is -2.63. The molecule has 0 amide bonds. The van der Waals surface area contributed by atoms with Crippen LogP contribution in [0.25, 0.3) is 0 Å². The van der Waals surface area contributed by atoms with Crippen molar-refractivity contribution in [2.24, 2.45) is 46.3 Å². The van der Waals surface area contributed by atoms with Crippen molar-refractivity contribution in [1.82, 2.24) is 0 Å². The predicted octanol–water partition coefficient (Wildman–Crippen LogP) is 4.10. The SMILES string of the molecule is CO[C@@H]1CC[C@@]2(C)C(C1)C[C@@H](O)C1C2C[C@H](O)[C@@]2(C)C1CCC2[C@H](C)CCC(=O)O. The molecule has 4 aliphatic carbocycles. The van der Waals surface area contributed by atoms with Gasteiger partial charge in [0.15, 0.2) is 0 Å². The van der Waals surface area contributed by atoms with E-state index >= 15 is 0 Å². The number of carboxylic acids is 1. The lowest BCUT2D eigenvalue weighted by atomic mass is 9.43. The van der Waals surface area contributed by atoms with Crippen LogP contribution in [0, 0.1) is 46.3 Å². The van der Waals surface area contributed by atoms with E-state index in [1.807, 2.05) is 0 Å². The molecule has 11 atom stereocenters. The van der Waals surface area contributed by atoms with E-state index in [0.717, 1.165) is 44.9 Å². The molecule has 0 aromatic heterocycles. The molecule has 0 bridgehead atoms. The summed E-state index contributed by atoms with van der Waals surface area (Å²) in [4.78, 5) is 11.1. The summed E-state index contributed by atoms with van der Waals surface area (Å²) in [6, 6.07) is 0. The highest BCUT2D eigenvalue weighted by atomic mass is 16.5. The van der Waals surface area contributed by atoms with Crippen LogP contribution in [0.15, 0.2) is 0 Å². The lowest BCUT2D eigenvalue weighted by Crippen LogP contribution is -2.62. The summed E-state index contributed by atoms with van der Waals surface area (Å²) in [5, 5.41) is 32.0. The first-order chi connectivity index (χ1) is 14.1. The molecule has 0 aliphatic heterocycles. The van der Waals surface area contributed by atoms with E-state index in [1.54, 1.807) is 7.11 Å². The Balaban J connectivity index is 1.59. The summed E-state index contributed by atoms with van der Waals surface area (Å²) in [6.07, 6.45) is 7.47. The van der Waals surface area contributed by atoms with Crippen LogP contribution >= 0.6 is 0 Å². The van der Waals surface area contributed by atoms with Crippen molar-refractivity contribution in [2.75, 3.05) is 7.11 Å². The number of methoxy groups -OCH3 is 1. The normalized spacial score (nSPS) is 51.5. The topological polar surface area (TPSA) is 87.0 Å². The molecule has 4 fully saturated rings. The van der Waals surface area contributed by atoms with E-state index in [1.165, 1.54) is 0 Å². The first-order valence-corrected chi connectivity index (χ1v) is 12.2. The number of aliphatic hydroxyl groups excluding tert-OH is 2. The van der Waals surface area contributed by atoms with Crippen LogP contribution in [0.5, 0.6) is 0 Å². The van der Waals surface area contributed by atoms with Gasteiger partial charge in [0.1, 0.15) is 0 Å². The van der Waals surface area contributed by atoms with Gasteiger partial charge < -0.3 is 20.1 Å². The molecule has 4 aliphatic rings. The van der Waals surface area contributed by atoms with Crippen molar-refractivity contribution in [2.45, 2.75) is 96.9 Å². The van der Waals surface area contributed by atoms with Crippen molar-refractivity contribution >= 4 is 5.97 Å². The van der Waals surface area contributed by atoms with E-state index in [9.17, 15) is 15.0 Å². The minimum atomic E-state index is -0.737. The Labute approximate surface area is 181 Å². The van der Waals surface area contributed by atoms with Crippen LogP contribution in [0.4, 0.5) is 0 Å². The number of aliphatic carboxylic acids is 1. The Morgan fingerprint density at radius 3 is 2.50 bits per heavy atom. The highest BCUT2D eigenvalue weighted by Crippen LogP contribution is 2.68. The number of ether oxygens (including phenoxy) is 1. The van der Waals surface area contributed by atoms with Gasteiger partial charge in [-0.25, -0.2) is 0 Å². The Kier molecular flexibility index (Phi) is 6.04. The highest BCUT2D eigenvalue weighted by Gasteiger charge is 2.65. The third kappa shape index (κ3) is 3.34. The lowest BCUT2D eigenvalue weighted by molar-refractivity contribution is -0.208. The second-order valence-corrected chi connectivity index (χ2v) is 11.6. The highest BCUT2D eigenvalue weighted by molar-refractivity contribution is 5.66. The van der Waals surface area contributed by atoms with E-state index in [4.69, 9.17) is 9.84 Å². The molecule has 5 heteroatoms. The summed E-state index contributed by atoms with van der Waals surface area (Å²) in [6.45, 7) is 6.83. The molecule has 0 saturated heterocycles. The molecule has 5 nitrogen and oxygen atoms in total. The molecular weight excluding hydrogens is 380 g/mol. The number of carbonyl (C=O) groups is 1. The average Bonchev–Trinajstić information content (AvgIpc) is 3.05. The van der Waals surface area contributed by atoms with Crippen LogP contribution < -0.4 is 0 Å². The number of carboxylic acid groups (broad SMARTS) is 1. The molecule has 4 rings (SSSR count). The van der Waals surface area contributed by atoms with E-state index in [0.29, 0.717) is 36.2 Å². The van der Waals surface area contributed by atoms with Gasteiger partial charge in [-0.2, -0.15) is 0 Å². The van der Waals surface area contributed by atoms with Crippen LogP contribution in [0.2, 0.25) is 0 Å². The first-order valence-electron chi connectivity index (χ1n) is 12.2. The van der Waals surface area contributed by atoms with Gasteiger partial charge in [0.25, 0.3) is 0 Å². The molecule has 5 unspecified atom stereocenters. The van der Waals surface area contributed by atoms with Gasteiger partial charge in [-0.15, -0.1) is 0 Å². The zero-order valence-electron chi connectivity index (χ0n) is 19.2. The maximum atomic E-state index is 11.5. The summed E-state index contributed by atoms with van der Waals surface area (Å²) >= 11 is 0. The average molecular weight is 423 g/mol. The van der Waals surface area contributed by atoms with Gasteiger partial charge in [-0.3, -0.25) is 4.79 Å². The van der Waals surface area contributed by atoms with Crippen molar-refractivity contribution in [1.29, 1.82) is 0 Å². The monoisotopic (exact) mass is 422 g/mol. The Morgan fingerprint density at radius 2 is 1.83 bits per heavy atom. The predicted molar refractivity (Wildman–Crippen MR) is 115 cm³/mol. The van der Waals surface area contributed by atoms with E-state index < -0.39 is 5.97 Å². The quantitative estimate of drug-likeness (QED) is 0.621. The molecule has 0 aromatic rings. The van der Waals surface area contributed by atoms with Gasteiger partial charge in [-0.1, -0.05) is 20.8 Å². The maximum absolute atomic E-state index is 11.5. The summed E-state index contributed by atoms with van der Waals surface area (Å²) < 4.78 is 5.67. The standard InChI is InChI=1S/C25H42O5/c1-14(5-8-22(28)29)17-6-7-18-23-19(13-21(27)25(17,18)3)24(2)10-9-16(30-4)11-15(24)12-20(23)26/h14-21,23,26-27H,5-13H2,1-4H3,(H,28,29)/t14-,15?,16-,17?,18?,19?,20-,21+,23?,24+,25-/m1/s1. The van der Waals surface area contributed by atoms with E-state index in [2.05, 4.69) is 20.8 Å². The molecular formula is C25H42O5. The van der Waals surface area contributed by atoms with Gasteiger partial charge in [-0.05, 0) is 97.7 Å². The largest absolute Gasteiger partial charge is 0.481 e. The first kappa shape index (κ1) is 22.5. The molecule has 0 spiro atoms. The van der Waals surface area contributed by atoms with Gasteiger partial charge in [0.2, 0.25) is 0 Å². The number of rotatable bonds is 5. The van der Waals surface area contributed by atoms with Crippen molar-refractivity contribution in [3.8, 4) is 0 Å². The Morgan fingerprint density at radius 1 is 1.10 bits per heavy atom. The second-order valence-electron chi connectivity index (χ2n) is 11.6. The third-order valence-electron chi connectivity index (χ3n) is 10.6. The van der Waals surface area contributed by atoms with Gasteiger partial charge in [0.05, 0.1) is 18.3 Å². The van der Waals surface area contributed by atoms with Crippen molar-refractivity contribution in [3.05, 3.63) is 0 Å². The zero-order chi connectivity index (χ0) is 21.8. The van der Waals surface area contributed by atoms with Crippen LogP contribution in [0.1, 0.15) is 78.6 Å². The summed E-state index contributed by atoms with van der Waals surface area (Å²) in [5.74, 6) is 1.30. The Hall–Kier alpha value is -0.650. The van der Waals surface area contributed by atoms with Crippen LogP contribution in [-0.2, 0) is 9.53 Å². The maximum Gasteiger partial charge on any atom is 0.303 e. The third-order valence-corrected chi connectivity index (χ3v) is 10.6. The molecule has 3 N–H and O–H groups in total. The summed E-state index contributed by atoms with van der Waals surface area (Å²) in [5.41, 5.74) is -0.0404. The number of hydrogen-bond acceptors (Lipinski definition) is 4. The molecule has 30 heavy (non-hydrogen) atoms. The molecule has 4 saturated carbocycles. The molecule has 172 valence electrons. The van der Waals surface area contributed by atoms with Crippen molar-refractivity contribution in [3.63, 3.8) is 0 Å². The fourth-order valence-electron chi connectivity index (χ4n) is 8.88. The zero-order valence-corrected chi connectivity index (χ0v) is 19.2. The minimum absolute atomic E-state index is 0.175. The molecule has 0 heterocycles. The Bertz CT molecular complexity index is 651. The molecule has 0 radical (unpaired) electrons. The number of hydrogen-bond donors (Lipinski definition) is 3.